The highest BCUT2D eigenvalue weighted by atomic mass is 16.6. The minimum absolute atomic E-state index is 0.0422. The molecule has 12 heteroatoms. The van der Waals surface area contributed by atoms with Crippen LogP contribution in [0.1, 0.15) is 160 Å². The zero-order valence-corrected chi connectivity index (χ0v) is 46.5. The molecule has 0 N–H and O–H groups in total. The lowest BCUT2D eigenvalue weighted by atomic mass is 9.86. The number of carbonyl (C=O) groups is 5. The number of hydrogen-bond acceptors (Lipinski definition) is 12. The zero-order valence-electron chi connectivity index (χ0n) is 46.5. The van der Waals surface area contributed by atoms with Crippen LogP contribution in [0.25, 0.3) is 0 Å². The topological polar surface area (TPSA) is 138 Å². The highest BCUT2D eigenvalue weighted by molar-refractivity contribution is 6.14. The number of carbonyl (C=O) groups excluding carboxylic acids is 5. The van der Waals surface area contributed by atoms with E-state index in [4.69, 9.17) is 23.7 Å². The van der Waals surface area contributed by atoms with Gasteiger partial charge in [0.25, 0.3) is 0 Å². The molecular formula is C61H86N2O10. The number of ether oxygens (including phenoxy) is 5. The third-order valence-corrected chi connectivity index (χ3v) is 11.8. The van der Waals surface area contributed by atoms with Gasteiger partial charge in [-0.1, -0.05) is 120 Å². The van der Waals surface area contributed by atoms with Crippen LogP contribution < -0.4 is 4.74 Å². The van der Waals surface area contributed by atoms with E-state index >= 15 is 0 Å². The quantitative estimate of drug-likeness (QED) is 0.0123. The number of allylic oxidation sites excluding steroid dienone is 4. The predicted molar refractivity (Wildman–Crippen MR) is 292 cm³/mol. The number of likely N-dealkylation sites (N-methyl/N-ethyl adjacent to an activating group) is 1. The molecule has 0 amide bonds. The molecule has 0 aromatic heterocycles. The maximum absolute atomic E-state index is 12.6. The summed E-state index contributed by atoms with van der Waals surface area (Å²) < 4.78 is 26.4. The van der Waals surface area contributed by atoms with Crippen molar-refractivity contribution in [3.05, 3.63) is 149 Å². The average molecular weight is 1010 g/mol. The fourth-order valence-electron chi connectivity index (χ4n) is 6.98. The molecular weight excluding hydrogens is 921 g/mol. The number of Topliss-reactive ketones (excluding diaryl/α,β-unsaturated/α-hetero) is 2. The van der Waals surface area contributed by atoms with Crippen molar-refractivity contribution in [3.8, 4) is 5.75 Å². The lowest BCUT2D eigenvalue weighted by Gasteiger charge is -2.25. The van der Waals surface area contributed by atoms with Crippen molar-refractivity contribution in [2.75, 3.05) is 40.5 Å². The first kappa shape index (κ1) is 62.7. The Hall–Kier alpha value is -6.43. The van der Waals surface area contributed by atoms with Gasteiger partial charge in [-0.05, 0) is 127 Å². The number of benzene rings is 3. The Morgan fingerprint density at radius 2 is 1.26 bits per heavy atom. The molecule has 0 saturated carbocycles. The number of hydrogen-bond donors (Lipinski definition) is 0. The van der Waals surface area contributed by atoms with Crippen LogP contribution in [-0.2, 0) is 45.2 Å². The highest BCUT2D eigenvalue weighted by Gasteiger charge is 2.34. The molecule has 1 aliphatic rings. The van der Waals surface area contributed by atoms with Gasteiger partial charge in [-0.2, -0.15) is 0 Å². The van der Waals surface area contributed by atoms with E-state index < -0.39 is 11.9 Å². The van der Waals surface area contributed by atoms with Crippen molar-refractivity contribution in [2.24, 2.45) is 0 Å². The molecule has 4 rings (SSSR count). The smallest absolute Gasteiger partial charge is 0.345 e. The summed E-state index contributed by atoms with van der Waals surface area (Å²) in [6, 6.07) is 24.4. The summed E-state index contributed by atoms with van der Waals surface area (Å²) in [7, 11) is 3.47. The van der Waals surface area contributed by atoms with Crippen molar-refractivity contribution >= 4 is 29.5 Å². The van der Waals surface area contributed by atoms with Crippen LogP contribution in [0.3, 0.4) is 0 Å². The number of unbranched alkanes of at least 4 members (excludes halogenated alkanes) is 5. The van der Waals surface area contributed by atoms with E-state index in [0.717, 1.165) is 37.1 Å². The Bertz CT molecular complexity index is 2250. The van der Waals surface area contributed by atoms with Gasteiger partial charge in [-0.15, -0.1) is 0 Å². The zero-order chi connectivity index (χ0) is 54.6. The number of rotatable bonds is 24. The van der Waals surface area contributed by atoms with Crippen molar-refractivity contribution in [3.63, 3.8) is 0 Å². The molecule has 0 atom stereocenters. The molecule has 3 aromatic rings. The van der Waals surface area contributed by atoms with Gasteiger partial charge in [-0.3, -0.25) is 9.59 Å². The van der Waals surface area contributed by atoms with Crippen LogP contribution in [0.15, 0.2) is 126 Å². The summed E-state index contributed by atoms with van der Waals surface area (Å²) in [5.74, 6) is -0.682. The van der Waals surface area contributed by atoms with Crippen LogP contribution in [0, 0.1) is 0 Å². The molecule has 400 valence electrons. The van der Waals surface area contributed by atoms with Gasteiger partial charge >= 0.3 is 17.9 Å². The van der Waals surface area contributed by atoms with E-state index in [1.807, 2.05) is 86.6 Å². The van der Waals surface area contributed by atoms with Crippen molar-refractivity contribution in [1.82, 2.24) is 9.80 Å². The highest BCUT2D eigenvalue weighted by Crippen LogP contribution is 2.28. The largest absolute Gasteiger partial charge is 0.497 e. The van der Waals surface area contributed by atoms with Gasteiger partial charge in [0.15, 0.2) is 17.4 Å². The normalized spacial score (nSPS) is 13.6. The number of esters is 3. The average Bonchev–Trinajstić information content (AvgIpc) is 3.61. The first-order valence-corrected chi connectivity index (χ1v) is 25.9. The molecule has 1 heterocycles. The van der Waals surface area contributed by atoms with E-state index in [1.165, 1.54) is 31.8 Å². The Balaban J connectivity index is 0.000000377. The molecule has 73 heavy (non-hydrogen) atoms. The molecule has 0 radical (unpaired) electrons. The number of ketones is 2. The third-order valence-electron chi connectivity index (χ3n) is 11.8. The molecule has 1 saturated heterocycles. The van der Waals surface area contributed by atoms with Crippen molar-refractivity contribution in [1.29, 1.82) is 0 Å². The number of nitrogens with zero attached hydrogens (tertiary/aromatic N) is 2. The second-order valence-electron chi connectivity index (χ2n) is 20.1. The Labute approximate surface area is 437 Å². The van der Waals surface area contributed by atoms with E-state index in [-0.39, 0.29) is 52.7 Å². The van der Waals surface area contributed by atoms with Gasteiger partial charge in [-0.25, -0.2) is 14.4 Å². The summed E-state index contributed by atoms with van der Waals surface area (Å²) in [5, 5.41) is 0. The maximum atomic E-state index is 12.6. The molecule has 12 nitrogen and oxygen atoms in total. The lowest BCUT2D eigenvalue weighted by molar-refractivity contribution is -0.151. The molecule has 3 aromatic carbocycles. The van der Waals surface area contributed by atoms with E-state index in [0.29, 0.717) is 48.0 Å². The fraction of sp³-hybridized carbons (Fsp3) is 0.492. The van der Waals surface area contributed by atoms with Crippen LogP contribution >= 0.6 is 0 Å². The van der Waals surface area contributed by atoms with Crippen LogP contribution in [-0.4, -0.2) is 97.5 Å². The van der Waals surface area contributed by atoms with Crippen LogP contribution in [0.2, 0.25) is 0 Å². The van der Waals surface area contributed by atoms with Gasteiger partial charge in [0.2, 0.25) is 0 Å². The SMILES string of the molecule is CC(C)OC(=O)C(=C/C=C1\OCC(C)(C)N1C)C(=O)OC(C)C.CCCCCCCCOC(=O)/C(=C/C=C/N(CC)CC)Cc1ccccc1.COc1ccc(C(=O)CC(=O)c2ccc(C(C)(C)C)cc2)cc1. The van der Waals surface area contributed by atoms with Gasteiger partial charge in [0.05, 0.1) is 37.9 Å². The monoisotopic (exact) mass is 1010 g/mol. The summed E-state index contributed by atoms with van der Waals surface area (Å²) in [6.07, 6.45) is 15.8. The van der Waals surface area contributed by atoms with Gasteiger partial charge in [0, 0.05) is 43.3 Å². The Morgan fingerprint density at radius 1 is 0.726 bits per heavy atom. The third kappa shape index (κ3) is 23.8. The molecule has 0 bridgehead atoms. The van der Waals surface area contributed by atoms with Gasteiger partial charge < -0.3 is 33.5 Å². The molecule has 1 aliphatic heterocycles. The van der Waals surface area contributed by atoms with E-state index in [2.05, 4.69) is 46.4 Å². The standard InChI is InChI=1S/C24H37NO2.C20H22O3.C17H27NO5/c1-4-7-8-9-10-14-20-27-24(26)23(18-15-19-25(5-2)6-3)21-22-16-12-11-13-17-22;1-20(2,3)16-9-5-14(6-10-16)18(21)13-19(22)15-7-11-17(23-4)12-8-15;1-11(2)22-15(19)13(16(20)23-12(3)4)8-9-14-18(7)17(5,6)10-21-14/h11-13,15-19H,4-10,14,20-21H2,1-3H3;5-12H,13H2,1-4H3;8-9,11-12H,10H2,1-7H3/b19-15+,23-18+;;14-9-. The van der Waals surface area contributed by atoms with Crippen LogP contribution in [0.4, 0.5) is 0 Å². The Morgan fingerprint density at radius 3 is 1.74 bits per heavy atom. The van der Waals surface area contributed by atoms with E-state index in [9.17, 15) is 24.0 Å². The van der Waals surface area contributed by atoms with Crippen molar-refractivity contribution in [2.45, 2.75) is 158 Å². The minimum Gasteiger partial charge on any atom is -0.497 e. The summed E-state index contributed by atoms with van der Waals surface area (Å²) in [5.41, 5.74) is 3.83. The van der Waals surface area contributed by atoms with E-state index in [1.54, 1.807) is 77.3 Å². The second-order valence-corrected chi connectivity index (χ2v) is 20.1. The molecule has 0 unspecified atom stereocenters. The summed E-state index contributed by atoms with van der Waals surface area (Å²) in [4.78, 5) is 65.4. The molecule has 1 fully saturated rings. The fourth-order valence-corrected chi connectivity index (χ4v) is 6.98. The summed E-state index contributed by atoms with van der Waals surface area (Å²) in [6.45, 7) is 26.7. The molecule has 0 aliphatic carbocycles. The van der Waals surface area contributed by atoms with Crippen molar-refractivity contribution < 1.29 is 47.7 Å². The lowest BCUT2D eigenvalue weighted by Crippen LogP contribution is -2.36. The first-order valence-electron chi connectivity index (χ1n) is 25.9. The summed E-state index contributed by atoms with van der Waals surface area (Å²) >= 11 is 0. The maximum Gasteiger partial charge on any atom is 0.345 e. The molecule has 0 spiro atoms. The predicted octanol–water partition coefficient (Wildman–Crippen LogP) is 12.8. The van der Waals surface area contributed by atoms with Gasteiger partial charge in [0.1, 0.15) is 17.9 Å². The first-order chi connectivity index (χ1) is 34.6. The number of methoxy groups -OCH3 is 1. The minimum atomic E-state index is -0.706. The second kappa shape index (κ2) is 32.6. The van der Waals surface area contributed by atoms with Crippen LogP contribution in [0.5, 0.6) is 5.75 Å². The Kier molecular flexibility index (Phi) is 28.0.